The standard InChI is InChI=1S/C28H42BrN3O6S/c1-4-7-8-14-38-27(36)21-22-25(34)32(19(6-3)18-33)24(28(22)17-20(29)23(21)39-28)26(35)31(9-5-2)11-10-30-12-15-37-16-13-30/h4-5,19-24,33H,1-2,6-18H2,3H3/t19-,20?,21-,22-,23-,24?,28?/m0/s1. The molecule has 0 aromatic carbocycles. The molecule has 0 saturated carbocycles. The van der Waals surface area contributed by atoms with E-state index in [1.54, 1.807) is 33.7 Å². The molecular weight excluding hydrogens is 586 g/mol. The number of alkyl halides is 1. The van der Waals surface area contributed by atoms with Gasteiger partial charge in [0.15, 0.2) is 0 Å². The molecule has 4 aliphatic rings. The monoisotopic (exact) mass is 627 g/mol. The number of unbranched alkanes of at least 4 members (excludes halogenated alkanes) is 1. The highest BCUT2D eigenvalue weighted by molar-refractivity contribution is 9.09. The van der Waals surface area contributed by atoms with Crippen LogP contribution in [0, 0.1) is 11.8 Å². The number of fused-ring (bicyclic) bond motifs is 1. The highest BCUT2D eigenvalue weighted by atomic mass is 79.9. The van der Waals surface area contributed by atoms with E-state index < -0.39 is 28.7 Å². The van der Waals surface area contributed by atoms with Crippen LogP contribution < -0.4 is 0 Å². The third-order valence-corrected chi connectivity index (χ3v) is 11.8. The summed E-state index contributed by atoms with van der Waals surface area (Å²) in [5.41, 5.74) is 0. The number of ether oxygens (including phenoxy) is 2. The van der Waals surface area contributed by atoms with Gasteiger partial charge in [-0.25, -0.2) is 0 Å². The molecule has 4 rings (SSSR count). The van der Waals surface area contributed by atoms with Gasteiger partial charge in [0.25, 0.3) is 0 Å². The van der Waals surface area contributed by atoms with Crippen LogP contribution in [0.1, 0.15) is 32.6 Å². The van der Waals surface area contributed by atoms with Crippen molar-refractivity contribution in [1.82, 2.24) is 14.7 Å². The van der Waals surface area contributed by atoms with Crippen LogP contribution in [0.5, 0.6) is 0 Å². The topological polar surface area (TPSA) is 99.6 Å². The third kappa shape index (κ3) is 5.84. The van der Waals surface area contributed by atoms with E-state index in [0.29, 0.717) is 52.1 Å². The van der Waals surface area contributed by atoms with Crippen molar-refractivity contribution in [3.8, 4) is 0 Å². The van der Waals surface area contributed by atoms with Crippen molar-refractivity contribution in [1.29, 1.82) is 0 Å². The van der Waals surface area contributed by atoms with E-state index in [1.807, 2.05) is 6.92 Å². The Balaban J connectivity index is 1.64. The van der Waals surface area contributed by atoms with Crippen LogP contribution >= 0.6 is 27.7 Å². The molecule has 0 aromatic heterocycles. The Kier molecular flexibility index (Phi) is 10.6. The summed E-state index contributed by atoms with van der Waals surface area (Å²) in [6.45, 7) is 14.1. The lowest BCUT2D eigenvalue weighted by Gasteiger charge is -2.40. The number of rotatable bonds is 14. The van der Waals surface area contributed by atoms with Crippen molar-refractivity contribution in [2.45, 2.75) is 59.5 Å². The Labute approximate surface area is 244 Å². The Morgan fingerprint density at radius 2 is 2.08 bits per heavy atom. The lowest BCUT2D eigenvalue weighted by Crippen LogP contribution is -2.58. The van der Waals surface area contributed by atoms with Crippen LogP contribution in [-0.4, -0.2) is 124 Å². The molecule has 7 atom stereocenters. The van der Waals surface area contributed by atoms with Crippen molar-refractivity contribution in [3.05, 3.63) is 25.3 Å². The van der Waals surface area contributed by atoms with E-state index >= 15 is 0 Å². The molecule has 4 fully saturated rings. The maximum Gasteiger partial charge on any atom is 0.310 e. The number of carbonyl (C=O) groups excluding carboxylic acids is 3. The number of amides is 2. The number of hydrogen-bond acceptors (Lipinski definition) is 8. The molecule has 3 unspecified atom stereocenters. The average molecular weight is 629 g/mol. The number of esters is 1. The largest absolute Gasteiger partial charge is 0.465 e. The first kappa shape index (κ1) is 30.6. The van der Waals surface area contributed by atoms with Gasteiger partial charge in [0.2, 0.25) is 11.8 Å². The summed E-state index contributed by atoms with van der Waals surface area (Å²) < 4.78 is 10.3. The third-order valence-electron chi connectivity index (χ3n) is 8.56. The molecular formula is C28H42BrN3O6S. The van der Waals surface area contributed by atoms with Gasteiger partial charge in [-0.05, 0) is 25.7 Å². The van der Waals surface area contributed by atoms with Crippen LogP contribution in [0.15, 0.2) is 25.3 Å². The number of aliphatic hydroxyl groups excluding tert-OH is 1. The number of nitrogens with zero attached hydrogens (tertiary/aromatic N) is 3. The summed E-state index contributed by atoms with van der Waals surface area (Å²) in [5.74, 6) is -2.03. The first-order valence-corrected chi connectivity index (χ1v) is 15.9. The van der Waals surface area contributed by atoms with Gasteiger partial charge in [-0.15, -0.1) is 24.9 Å². The molecule has 4 aliphatic heterocycles. The minimum absolute atomic E-state index is 0.0251. The van der Waals surface area contributed by atoms with Crippen LogP contribution in [0.25, 0.3) is 0 Å². The zero-order valence-electron chi connectivity index (χ0n) is 22.8. The number of allylic oxidation sites excluding steroid dienone is 1. The van der Waals surface area contributed by atoms with Crippen LogP contribution in [0.3, 0.4) is 0 Å². The first-order chi connectivity index (χ1) is 18.8. The summed E-state index contributed by atoms with van der Waals surface area (Å²) in [7, 11) is 0. The second kappa shape index (κ2) is 13.5. The highest BCUT2D eigenvalue weighted by Gasteiger charge is 2.76. The smallest absolute Gasteiger partial charge is 0.310 e. The quantitative estimate of drug-likeness (QED) is 0.135. The van der Waals surface area contributed by atoms with Crippen molar-refractivity contribution in [2.24, 2.45) is 11.8 Å². The van der Waals surface area contributed by atoms with Crippen molar-refractivity contribution >= 4 is 45.5 Å². The van der Waals surface area contributed by atoms with Crippen molar-refractivity contribution in [3.63, 3.8) is 0 Å². The van der Waals surface area contributed by atoms with Gasteiger partial charge in [0.05, 0.1) is 49.1 Å². The van der Waals surface area contributed by atoms with Gasteiger partial charge in [0, 0.05) is 42.8 Å². The minimum Gasteiger partial charge on any atom is -0.465 e. The predicted molar refractivity (Wildman–Crippen MR) is 155 cm³/mol. The van der Waals surface area contributed by atoms with Crippen LogP contribution in [0.2, 0.25) is 0 Å². The Morgan fingerprint density at radius 3 is 2.72 bits per heavy atom. The number of carbonyl (C=O) groups is 3. The average Bonchev–Trinajstić information content (AvgIpc) is 3.53. The number of aliphatic hydroxyl groups is 1. The fourth-order valence-corrected chi connectivity index (χ4v) is 10.2. The van der Waals surface area contributed by atoms with Crippen molar-refractivity contribution < 1.29 is 29.0 Å². The van der Waals surface area contributed by atoms with E-state index in [-0.39, 0.29) is 41.1 Å². The summed E-state index contributed by atoms with van der Waals surface area (Å²) in [6.07, 6.45) is 6.02. The number of thioether (sulfide) groups is 1. The molecule has 39 heavy (non-hydrogen) atoms. The summed E-state index contributed by atoms with van der Waals surface area (Å²) in [6, 6.07) is -1.28. The molecule has 4 heterocycles. The molecule has 2 bridgehead atoms. The molecule has 1 N–H and O–H groups in total. The minimum atomic E-state index is -0.773. The SMILES string of the molecule is C=CCCCOC(=O)[C@H]1[C@H]2C(=O)N([C@@H](CC)CO)C(C(=O)N(CC=C)CCN3CCOCC3)C23CC(Br)[C@@H]1S3. The Morgan fingerprint density at radius 1 is 1.33 bits per heavy atom. The predicted octanol–water partition coefficient (Wildman–Crippen LogP) is 2.08. The summed E-state index contributed by atoms with van der Waals surface area (Å²) in [5, 5.41) is 10.1. The lowest BCUT2D eigenvalue weighted by molar-refractivity contribution is -0.154. The normalized spacial score (nSPS) is 32.6. The number of likely N-dealkylation sites (tertiary alicyclic amines) is 1. The number of hydrogen-bond donors (Lipinski definition) is 1. The molecule has 218 valence electrons. The van der Waals surface area contributed by atoms with E-state index in [0.717, 1.165) is 19.5 Å². The molecule has 4 saturated heterocycles. The number of morpholine rings is 1. The Bertz CT molecular complexity index is 929. The fraction of sp³-hybridized carbons (Fsp3) is 0.750. The number of halogens is 1. The second-order valence-electron chi connectivity index (χ2n) is 10.8. The Hall–Kier alpha value is -1.40. The van der Waals surface area contributed by atoms with Gasteiger partial charge in [-0.3, -0.25) is 19.3 Å². The van der Waals surface area contributed by atoms with E-state index in [9.17, 15) is 19.5 Å². The maximum absolute atomic E-state index is 14.5. The maximum atomic E-state index is 14.5. The molecule has 0 aromatic rings. The first-order valence-electron chi connectivity index (χ1n) is 14.1. The molecule has 0 aliphatic carbocycles. The highest BCUT2D eigenvalue weighted by Crippen LogP contribution is 2.68. The van der Waals surface area contributed by atoms with Gasteiger partial charge in [0.1, 0.15) is 6.04 Å². The summed E-state index contributed by atoms with van der Waals surface area (Å²) >= 11 is 5.38. The zero-order valence-corrected chi connectivity index (χ0v) is 25.2. The van der Waals surface area contributed by atoms with Gasteiger partial charge < -0.3 is 24.4 Å². The van der Waals surface area contributed by atoms with Crippen LogP contribution in [-0.2, 0) is 23.9 Å². The molecule has 0 radical (unpaired) electrons. The van der Waals surface area contributed by atoms with Gasteiger partial charge in [-0.1, -0.05) is 35.0 Å². The zero-order chi connectivity index (χ0) is 28.2. The molecule has 2 amide bonds. The molecule has 1 spiro atoms. The van der Waals surface area contributed by atoms with E-state index in [1.165, 1.54) is 0 Å². The van der Waals surface area contributed by atoms with Gasteiger partial charge >= 0.3 is 5.97 Å². The molecule has 11 heteroatoms. The molecule has 9 nitrogen and oxygen atoms in total. The fourth-order valence-electron chi connectivity index (χ4n) is 6.63. The second-order valence-corrected chi connectivity index (χ2v) is 13.5. The van der Waals surface area contributed by atoms with Crippen molar-refractivity contribution in [2.75, 3.05) is 59.2 Å². The summed E-state index contributed by atoms with van der Waals surface area (Å²) in [4.78, 5) is 47.7. The van der Waals surface area contributed by atoms with E-state index in [2.05, 4.69) is 34.0 Å². The van der Waals surface area contributed by atoms with E-state index in [4.69, 9.17) is 9.47 Å². The lowest BCUT2D eigenvalue weighted by atomic mass is 9.71. The van der Waals surface area contributed by atoms with Gasteiger partial charge in [-0.2, -0.15) is 0 Å². The van der Waals surface area contributed by atoms with Crippen LogP contribution in [0.4, 0.5) is 0 Å².